The van der Waals surface area contributed by atoms with Crippen LogP contribution in [0.2, 0.25) is 0 Å². The van der Waals surface area contributed by atoms with Crippen molar-refractivity contribution in [1.29, 1.82) is 0 Å². The first kappa shape index (κ1) is 14.0. The third kappa shape index (κ3) is 6.31. The van der Waals surface area contributed by atoms with Crippen LogP contribution in [0.3, 0.4) is 0 Å². The van der Waals surface area contributed by atoms with Crippen LogP contribution in [0.25, 0.3) is 0 Å². The molecule has 96 valence electrons. The van der Waals surface area contributed by atoms with E-state index in [9.17, 15) is 0 Å². The third-order valence-electron chi connectivity index (χ3n) is 2.40. The number of hydrogen-bond acceptors (Lipinski definition) is 5. The number of ether oxygens (including phenoxy) is 1. The lowest BCUT2D eigenvalue weighted by atomic mass is 10.3. The number of aryl methyl sites for hydroxylation is 1. The zero-order chi connectivity index (χ0) is 12.5. The molecule has 1 rings (SSSR count). The molecule has 0 radical (unpaired) electrons. The van der Waals surface area contributed by atoms with Crippen LogP contribution < -0.4 is 10.6 Å². The van der Waals surface area contributed by atoms with Gasteiger partial charge in [0.15, 0.2) is 0 Å². The minimum atomic E-state index is 0.398. The Morgan fingerprint density at radius 2 is 2.18 bits per heavy atom. The van der Waals surface area contributed by atoms with Gasteiger partial charge in [0.05, 0.1) is 18.0 Å². The van der Waals surface area contributed by atoms with E-state index < -0.39 is 0 Å². The Bertz CT molecular complexity index is 302. The van der Waals surface area contributed by atoms with Gasteiger partial charge >= 0.3 is 0 Å². The molecule has 17 heavy (non-hydrogen) atoms. The van der Waals surface area contributed by atoms with E-state index in [0.717, 1.165) is 37.6 Å². The summed E-state index contributed by atoms with van der Waals surface area (Å²) in [6.45, 7) is 7.38. The fourth-order valence-corrected chi connectivity index (χ4v) is 1.35. The minimum Gasteiger partial charge on any atom is -0.383 e. The summed E-state index contributed by atoms with van der Waals surface area (Å²) in [6.07, 6.45) is 3.60. The highest BCUT2D eigenvalue weighted by Gasteiger charge is 2.01. The summed E-state index contributed by atoms with van der Waals surface area (Å²) in [5.41, 5.74) is 1.92. The molecule has 5 nitrogen and oxygen atoms in total. The summed E-state index contributed by atoms with van der Waals surface area (Å²) in [7, 11) is 1.71. The summed E-state index contributed by atoms with van der Waals surface area (Å²) in [6, 6.07) is 0.398. The van der Waals surface area contributed by atoms with Crippen LogP contribution in [0.4, 0.5) is 0 Å². The molecule has 0 aromatic carbocycles. The highest BCUT2D eigenvalue weighted by atomic mass is 16.5. The Kier molecular flexibility index (Phi) is 6.69. The molecule has 0 saturated carbocycles. The second kappa shape index (κ2) is 8.11. The molecule has 0 saturated heterocycles. The van der Waals surface area contributed by atoms with Crippen LogP contribution in [0.1, 0.15) is 18.3 Å². The fourth-order valence-electron chi connectivity index (χ4n) is 1.35. The van der Waals surface area contributed by atoms with Crippen LogP contribution in [0, 0.1) is 6.92 Å². The second-order valence-corrected chi connectivity index (χ2v) is 4.13. The number of nitrogens with one attached hydrogen (secondary N) is 2. The zero-order valence-electron chi connectivity index (χ0n) is 10.9. The lowest BCUT2D eigenvalue weighted by Gasteiger charge is -2.14. The molecule has 1 heterocycles. The Hall–Kier alpha value is -1.04. The van der Waals surface area contributed by atoms with E-state index in [1.54, 1.807) is 13.3 Å². The average molecular weight is 238 g/mol. The van der Waals surface area contributed by atoms with E-state index in [0.29, 0.717) is 6.04 Å². The molecule has 0 aliphatic carbocycles. The first-order chi connectivity index (χ1) is 8.22. The molecule has 1 aromatic heterocycles. The Balaban J connectivity index is 2.14. The molecule has 0 aliphatic heterocycles. The fraction of sp³-hybridized carbons (Fsp3) is 0.667. The molecular weight excluding hydrogens is 216 g/mol. The van der Waals surface area contributed by atoms with E-state index in [-0.39, 0.29) is 0 Å². The molecule has 2 N–H and O–H groups in total. The van der Waals surface area contributed by atoms with Crippen molar-refractivity contribution in [2.45, 2.75) is 26.4 Å². The third-order valence-corrected chi connectivity index (χ3v) is 2.40. The summed E-state index contributed by atoms with van der Waals surface area (Å²) in [5, 5.41) is 6.70. The largest absolute Gasteiger partial charge is 0.383 e. The van der Waals surface area contributed by atoms with Crippen LogP contribution in [-0.2, 0) is 11.3 Å². The SMILES string of the molecule is COCCNCC(C)NCc1cnc(C)cn1. The van der Waals surface area contributed by atoms with E-state index in [1.807, 2.05) is 13.1 Å². The number of aromatic nitrogens is 2. The quantitative estimate of drug-likeness (QED) is 0.646. The highest BCUT2D eigenvalue weighted by Crippen LogP contribution is 1.94. The van der Waals surface area contributed by atoms with Crippen molar-refractivity contribution in [1.82, 2.24) is 20.6 Å². The summed E-state index contributed by atoms with van der Waals surface area (Å²) in [5.74, 6) is 0. The maximum absolute atomic E-state index is 4.96. The molecule has 0 fully saturated rings. The summed E-state index contributed by atoms with van der Waals surface area (Å²) < 4.78 is 4.96. The van der Waals surface area contributed by atoms with Gasteiger partial charge in [-0.25, -0.2) is 0 Å². The van der Waals surface area contributed by atoms with Crippen molar-refractivity contribution in [2.75, 3.05) is 26.8 Å². The number of methoxy groups -OCH3 is 1. The lowest BCUT2D eigenvalue weighted by molar-refractivity contribution is 0.198. The van der Waals surface area contributed by atoms with Gasteiger partial charge in [-0.15, -0.1) is 0 Å². The molecule has 1 aromatic rings. The molecule has 0 aliphatic rings. The van der Waals surface area contributed by atoms with Crippen LogP contribution in [-0.4, -0.2) is 42.8 Å². The van der Waals surface area contributed by atoms with Gasteiger partial charge in [0.1, 0.15) is 0 Å². The summed E-state index contributed by atoms with van der Waals surface area (Å²) >= 11 is 0. The van der Waals surface area contributed by atoms with E-state index in [4.69, 9.17) is 4.74 Å². The van der Waals surface area contributed by atoms with Gasteiger partial charge < -0.3 is 15.4 Å². The van der Waals surface area contributed by atoms with Crippen molar-refractivity contribution < 1.29 is 4.74 Å². The van der Waals surface area contributed by atoms with Crippen molar-refractivity contribution >= 4 is 0 Å². The zero-order valence-corrected chi connectivity index (χ0v) is 10.9. The lowest BCUT2D eigenvalue weighted by Crippen LogP contribution is -2.37. The standard InChI is InChI=1S/C12H22N4O/c1-10(6-13-4-5-17-3)14-8-12-9-15-11(2)7-16-12/h7,9-10,13-14H,4-6,8H2,1-3H3. The van der Waals surface area contributed by atoms with E-state index in [1.165, 1.54) is 0 Å². The monoisotopic (exact) mass is 238 g/mol. The van der Waals surface area contributed by atoms with Crippen molar-refractivity contribution in [2.24, 2.45) is 0 Å². The molecule has 0 spiro atoms. The highest BCUT2D eigenvalue weighted by molar-refractivity contribution is 5.00. The summed E-state index contributed by atoms with van der Waals surface area (Å²) in [4.78, 5) is 8.50. The van der Waals surface area contributed by atoms with Crippen molar-refractivity contribution in [3.05, 3.63) is 23.8 Å². The first-order valence-electron chi connectivity index (χ1n) is 5.93. The predicted octanol–water partition coefficient (Wildman–Crippen LogP) is 0.499. The molecule has 1 atom stereocenters. The van der Waals surface area contributed by atoms with Gasteiger partial charge in [0.2, 0.25) is 0 Å². The number of hydrogen-bond donors (Lipinski definition) is 2. The maximum Gasteiger partial charge on any atom is 0.0724 e. The molecular formula is C12H22N4O. The normalized spacial score (nSPS) is 12.6. The van der Waals surface area contributed by atoms with Gasteiger partial charge in [-0.3, -0.25) is 9.97 Å². The second-order valence-electron chi connectivity index (χ2n) is 4.13. The minimum absolute atomic E-state index is 0.398. The van der Waals surface area contributed by atoms with Gasteiger partial charge in [0.25, 0.3) is 0 Å². The number of rotatable bonds is 8. The Labute approximate surface area is 103 Å². The predicted molar refractivity (Wildman–Crippen MR) is 67.8 cm³/mol. The van der Waals surface area contributed by atoms with Crippen molar-refractivity contribution in [3.63, 3.8) is 0 Å². The maximum atomic E-state index is 4.96. The Morgan fingerprint density at radius 3 is 2.82 bits per heavy atom. The van der Waals surface area contributed by atoms with Crippen LogP contribution in [0.5, 0.6) is 0 Å². The Morgan fingerprint density at radius 1 is 1.35 bits per heavy atom. The number of nitrogens with zero attached hydrogens (tertiary/aromatic N) is 2. The van der Waals surface area contributed by atoms with Gasteiger partial charge in [-0.2, -0.15) is 0 Å². The van der Waals surface area contributed by atoms with E-state index >= 15 is 0 Å². The first-order valence-corrected chi connectivity index (χ1v) is 5.93. The topological polar surface area (TPSA) is 59.1 Å². The molecule has 0 amide bonds. The van der Waals surface area contributed by atoms with E-state index in [2.05, 4.69) is 27.5 Å². The van der Waals surface area contributed by atoms with Crippen LogP contribution in [0.15, 0.2) is 12.4 Å². The molecule has 5 heteroatoms. The van der Waals surface area contributed by atoms with Gasteiger partial charge in [-0.1, -0.05) is 0 Å². The average Bonchev–Trinajstić information content (AvgIpc) is 2.34. The van der Waals surface area contributed by atoms with Crippen molar-refractivity contribution in [3.8, 4) is 0 Å². The van der Waals surface area contributed by atoms with Crippen LogP contribution >= 0.6 is 0 Å². The van der Waals surface area contributed by atoms with Gasteiger partial charge in [-0.05, 0) is 13.8 Å². The van der Waals surface area contributed by atoms with Gasteiger partial charge in [0, 0.05) is 45.2 Å². The molecule has 0 bridgehead atoms. The molecule has 1 unspecified atom stereocenters. The smallest absolute Gasteiger partial charge is 0.0724 e.